The maximum absolute atomic E-state index is 10.1. The molecule has 1 aromatic heterocycles. The summed E-state index contributed by atoms with van der Waals surface area (Å²) in [6.45, 7) is 3.93. The van der Waals surface area contributed by atoms with Crippen LogP contribution in [0.25, 0.3) is 0 Å². The van der Waals surface area contributed by atoms with Crippen LogP contribution in [-0.4, -0.2) is 28.7 Å². The molecule has 0 saturated carbocycles. The molecule has 2 rings (SSSR count). The van der Waals surface area contributed by atoms with Gasteiger partial charge in [-0.2, -0.15) is 0 Å². The number of amidine groups is 1. The molecule has 4 nitrogen and oxygen atoms in total. The van der Waals surface area contributed by atoms with Gasteiger partial charge in [0.05, 0.1) is 5.71 Å². The molecular formula is C17H18ClN3O. The summed E-state index contributed by atoms with van der Waals surface area (Å²) in [5, 5.41) is 10.6. The highest BCUT2D eigenvalue weighted by molar-refractivity contribution is 6.31. The molecule has 0 aliphatic carbocycles. The Morgan fingerprint density at radius 1 is 1.32 bits per heavy atom. The predicted molar refractivity (Wildman–Crippen MR) is 91.4 cm³/mol. The van der Waals surface area contributed by atoms with Gasteiger partial charge in [-0.1, -0.05) is 24.6 Å². The molecule has 0 saturated heterocycles. The lowest BCUT2D eigenvalue weighted by Gasteiger charge is -2.09. The Morgan fingerprint density at radius 2 is 2.09 bits per heavy atom. The second kappa shape index (κ2) is 7.18. The normalized spacial score (nSPS) is 12.5. The number of nitrogens with zero attached hydrogens (tertiary/aromatic N) is 3. The largest absolute Gasteiger partial charge is 0.507 e. The van der Waals surface area contributed by atoms with E-state index in [0.717, 1.165) is 11.3 Å². The van der Waals surface area contributed by atoms with Gasteiger partial charge in [0.15, 0.2) is 5.84 Å². The quantitative estimate of drug-likeness (QED) is 0.687. The molecule has 0 bridgehead atoms. The Bertz CT molecular complexity index is 738. The molecule has 2 aromatic rings. The van der Waals surface area contributed by atoms with Crippen LogP contribution in [0, 0.1) is 6.92 Å². The van der Waals surface area contributed by atoms with E-state index in [1.165, 1.54) is 0 Å². The molecule has 0 amide bonds. The van der Waals surface area contributed by atoms with Crippen molar-refractivity contribution >= 4 is 23.1 Å². The summed E-state index contributed by atoms with van der Waals surface area (Å²) in [6, 6.07) is 8.76. The van der Waals surface area contributed by atoms with E-state index < -0.39 is 0 Å². The van der Waals surface area contributed by atoms with E-state index in [-0.39, 0.29) is 5.75 Å². The minimum absolute atomic E-state index is 0.151. The molecule has 0 spiro atoms. The zero-order valence-electron chi connectivity index (χ0n) is 12.8. The average Bonchev–Trinajstić information content (AvgIpc) is 2.52. The van der Waals surface area contributed by atoms with Crippen molar-refractivity contribution in [3.8, 4) is 5.75 Å². The van der Waals surface area contributed by atoms with Crippen LogP contribution >= 0.6 is 11.6 Å². The van der Waals surface area contributed by atoms with Gasteiger partial charge in [-0.25, -0.2) is 4.99 Å². The third kappa shape index (κ3) is 3.52. The Kier molecular flexibility index (Phi) is 5.28. The number of aliphatic imine (C=N–C) groups is 2. The first-order valence-electron chi connectivity index (χ1n) is 7.02. The fourth-order valence-electron chi connectivity index (χ4n) is 2.13. The van der Waals surface area contributed by atoms with Gasteiger partial charge in [0.25, 0.3) is 0 Å². The van der Waals surface area contributed by atoms with E-state index >= 15 is 0 Å². The number of benzene rings is 1. The molecule has 0 fully saturated rings. The van der Waals surface area contributed by atoms with Gasteiger partial charge in [-0.15, -0.1) is 0 Å². The van der Waals surface area contributed by atoms with Crippen molar-refractivity contribution in [1.29, 1.82) is 0 Å². The fourth-order valence-corrected chi connectivity index (χ4v) is 2.30. The Balaban J connectivity index is 2.52. The predicted octanol–water partition coefficient (Wildman–Crippen LogP) is 4.02. The lowest BCUT2D eigenvalue weighted by Crippen LogP contribution is -2.09. The number of phenolic OH excluding ortho intramolecular Hbond substituents is 1. The van der Waals surface area contributed by atoms with Gasteiger partial charge in [0.2, 0.25) is 0 Å². The molecule has 0 radical (unpaired) electrons. The molecule has 0 aliphatic heterocycles. The monoisotopic (exact) mass is 315 g/mol. The smallest absolute Gasteiger partial charge is 0.173 e. The third-order valence-corrected chi connectivity index (χ3v) is 3.51. The summed E-state index contributed by atoms with van der Waals surface area (Å²) in [4.78, 5) is 13.2. The highest BCUT2D eigenvalue weighted by atomic mass is 35.5. The summed E-state index contributed by atoms with van der Waals surface area (Å²) in [5.41, 5.74) is 3.06. The maximum atomic E-state index is 10.1. The van der Waals surface area contributed by atoms with Crippen LogP contribution in [0.5, 0.6) is 5.75 Å². The second-order valence-corrected chi connectivity index (χ2v) is 5.23. The Morgan fingerprint density at radius 3 is 2.73 bits per heavy atom. The van der Waals surface area contributed by atoms with Crippen LogP contribution in [-0.2, 0) is 0 Å². The minimum Gasteiger partial charge on any atom is -0.507 e. The number of hydrogen-bond acceptors (Lipinski definition) is 3. The number of phenols is 1. The number of rotatable bonds is 3. The summed E-state index contributed by atoms with van der Waals surface area (Å²) < 4.78 is 0. The third-order valence-electron chi connectivity index (χ3n) is 3.28. The van der Waals surface area contributed by atoms with E-state index in [4.69, 9.17) is 11.6 Å². The molecule has 1 heterocycles. The molecule has 1 N–H and O–H groups in total. The molecular weight excluding hydrogens is 298 g/mol. The molecule has 1 aromatic carbocycles. The number of halogens is 1. The van der Waals surface area contributed by atoms with Crippen LogP contribution in [0.1, 0.15) is 30.2 Å². The summed E-state index contributed by atoms with van der Waals surface area (Å²) in [7, 11) is 1.68. The highest BCUT2D eigenvalue weighted by Gasteiger charge is 2.12. The van der Waals surface area contributed by atoms with Crippen molar-refractivity contribution in [3.05, 3.63) is 58.4 Å². The van der Waals surface area contributed by atoms with Crippen molar-refractivity contribution in [2.75, 3.05) is 7.05 Å². The summed E-state index contributed by atoms with van der Waals surface area (Å²) in [5.74, 6) is 0.688. The second-order valence-electron chi connectivity index (χ2n) is 4.79. The van der Waals surface area contributed by atoms with E-state index in [1.807, 2.05) is 26.0 Å². The molecule has 22 heavy (non-hydrogen) atoms. The van der Waals surface area contributed by atoms with Gasteiger partial charge >= 0.3 is 0 Å². The molecule has 0 atom stereocenters. The first kappa shape index (κ1) is 16.2. The Hall–Kier alpha value is -2.20. The van der Waals surface area contributed by atoms with Gasteiger partial charge < -0.3 is 5.11 Å². The van der Waals surface area contributed by atoms with Crippen molar-refractivity contribution in [1.82, 2.24) is 4.98 Å². The summed E-state index contributed by atoms with van der Waals surface area (Å²) >= 11 is 6.02. The minimum atomic E-state index is 0.151. The van der Waals surface area contributed by atoms with Crippen molar-refractivity contribution in [3.63, 3.8) is 0 Å². The highest BCUT2D eigenvalue weighted by Crippen LogP contribution is 2.23. The van der Waals surface area contributed by atoms with E-state index in [2.05, 4.69) is 15.0 Å². The molecule has 0 unspecified atom stereocenters. The molecule has 5 heteroatoms. The first-order chi connectivity index (χ1) is 10.6. The van der Waals surface area contributed by atoms with Crippen molar-refractivity contribution in [2.45, 2.75) is 20.3 Å². The summed E-state index contributed by atoms with van der Waals surface area (Å²) in [6.07, 6.45) is 2.35. The number of aromatic nitrogens is 1. The van der Waals surface area contributed by atoms with Crippen LogP contribution in [0.2, 0.25) is 5.02 Å². The number of pyridine rings is 1. The van der Waals surface area contributed by atoms with Gasteiger partial charge in [-0.05, 0) is 43.2 Å². The van der Waals surface area contributed by atoms with Gasteiger partial charge in [0.1, 0.15) is 11.4 Å². The zero-order valence-corrected chi connectivity index (χ0v) is 13.6. The first-order valence-corrected chi connectivity index (χ1v) is 7.39. The van der Waals surface area contributed by atoms with Gasteiger partial charge in [0, 0.05) is 23.8 Å². The Labute approximate surface area is 135 Å². The number of aryl methyl sites for hydroxylation is 1. The van der Waals surface area contributed by atoms with Crippen LogP contribution < -0.4 is 0 Å². The van der Waals surface area contributed by atoms with Crippen molar-refractivity contribution < 1.29 is 5.11 Å². The fraction of sp³-hybridized carbons (Fsp3) is 0.235. The number of aromatic hydroxyl groups is 1. The number of hydrogen-bond donors (Lipinski definition) is 1. The van der Waals surface area contributed by atoms with Crippen LogP contribution in [0.4, 0.5) is 0 Å². The molecule has 0 aliphatic rings. The standard InChI is InChI=1S/C17H18ClN3O/c1-4-14(13-10-12(18)7-8-15(13)22)21-17(19-3)16-11(2)6-5-9-20-16/h5-10,22H,4H2,1-3H3. The maximum Gasteiger partial charge on any atom is 0.173 e. The van der Waals surface area contributed by atoms with Crippen molar-refractivity contribution in [2.24, 2.45) is 9.98 Å². The van der Waals surface area contributed by atoms with Crippen LogP contribution in [0.3, 0.4) is 0 Å². The lowest BCUT2D eigenvalue weighted by atomic mass is 10.1. The van der Waals surface area contributed by atoms with E-state index in [0.29, 0.717) is 28.6 Å². The van der Waals surface area contributed by atoms with E-state index in [1.54, 1.807) is 31.4 Å². The average molecular weight is 316 g/mol. The zero-order chi connectivity index (χ0) is 16.1. The SMILES string of the molecule is CCC(=NC(=NC)c1ncccc1C)c1cc(Cl)ccc1O. The topological polar surface area (TPSA) is 57.8 Å². The molecule has 114 valence electrons. The van der Waals surface area contributed by atoms with E-state index in [9.17, 15) is 5.11 Å². The lowest BCUT2D eigenvalue weighted by molar-refractivity contribution is 0.474. The van der Waals surface area contributed by atoms with Gasteiger partial charge in [-0.3, -0.25) is 9.98 Å². The van der Waals surface area contributed by atoms with Crippen LogP contribution in [0.15, 0.2) is 46.5 Å².